The molecule has 8 aromatic rings. The number of rotatable bonds is 24. The van der Waals surface area contributed by atoms with Crippen LogP contribution in [0.15, 0.2) is 181 Å². The van der Waals surface area contributed by atoms with Crippen LogP contribution in [-0.4, -0.2) is 74.0 Å². The number of amides is 3. The number of carbonyl (C=O) groups excluding carboxylic acids is 3. The predicted molar refractivity (Wildman–Crippen MR) is 286 cm³/mol. The van der Waals surface area contributed by atoms with E-state index in [0.717, 1.165) is 43.4 Å². The molecule has 3 unspecified atom stereocenters. The van der Waals surface area contributed by atoms with Crippen LogP contribution in [0.1, 0.15) is 81.7 Å². The first kappa shape index (κ1) is 51.1. The highest BCUT2D eigenvalue weighted by molar-refractivity contribution is 7.09. The van der Waals surface area contributed by atoms with E-state index >= 15 is 4.79 Å². The quantitative estimate of drug-likeness (QED) is 0.0401. The zero-order chi connectivity index (χ0) is 50.1. The van der Waals surface area contributed by atoms with E-state index in [-0.39, 0.29) is 56.0 Å². The second kappa shape index (κ2) is 25.2. The Kier molecular flexibility index (Phi) is 17.9. The Morgan fingerprint density at radius 3 is 1.79 bits per heavy atom. The average molecular weight is 999 g/mol. The average Bonchev–Trinajstić information content (AvgIpc) is 4.22. The number of thiazole rings is 2. The summed E-state index contributed by atoms with van der Waals surface area (Å²) in [6.45, 7) is 4.67. The number of benzene rings is 5. The van der Waals surface area contributed by atoms with E-state index in [1.165, 1.54) is 11.3 Å². The van der Waals surface area contributed by atoms with Crippen molar-refractivity contribution < 1.29 is 19.1 Å². The van der Waals surface area contributed by atoms with Crippen LogP contribution in [-0.2, 0) is 52.3 Å². The molecule has 3 atom stereocenters. The lowest BCUT2D eigenvalue weighted by atomic mass is 9.77. The molecule has 8 rings (SSSR count). The predicted octanol–water partition coefficient (Wildman–Crippen LogP) is 9.96. The molecule has 0 aliphatic heterocycles. The zero-order valence-corrected chi connectivity index (χ0v) is 42.6. The van der Waals surface area contributed by atoms with Gasteiger partial charge in [-0.15, -0.1) is 22.7 Å². The standard InChI is InChI=1S/C58H62N8O4S2/c1-42(2)56-63-51(39-71-56)36-65(3)57(69)64-53(33-50-37-66(40-61-50)58(45-23-13-6-14-24-45,46-25-15-7-16-26-46)47-27-17-8-18-28-47)55(68)62-49(32-44-21-11-5-12-22-44)30-29-48(31-43-19-9-4-10-20-43)60-35-54(67)70-38-52-34-59-41-72-52/h4-28,34,37,39-42,48-49,53,60H,29-33,35-36,38H2,1-3H3,(H,62,68)(H,64,69). The van der Waals surface area contributed by atoms with E-state index in [2.05, 4.69) is 100 Å². The molecule has 3 aromatic heterocycles. The molecule has 0 saturated carbocycles. The minimum absolute atomic E-state index is 0.0278. The van der Waals surface area contributed by atoms with Crippen molar-refractivity contribution in [2.75, 3.05) is 13.6 Å². The van der Waals surface area contributed by atoms with Gasteiger partial charge < -0.3 is 30.2 Å². The SMILES string of the molecule is CC(C)c1nc(CN(C)C(=O)NC(Cc2cn(C(c3ccccc3)(c3ccccc3)c3ccccc3)cn2)C(=O)NC(CCC(Cc2ccccc2)NCC(=O)OCc2cncs2)Cc2ccccc2)cs1. The first-order valence-corrected chi connectivity index (χ1v) is 26.2. The molecular formula is C58H62N8O4S2. The molecule has 0 saturated heterocycles. The maximum Gasteiger partial charge on any atom is 0.320 e. The van der Waals surface area contributed by atoms with Crippen LogP contribution in [0, 0.1) is 0 Å². The van der Waals surface area contributed by atoms with Gasteiger partial charge in [-0.05, 0) is 53.5 Å². The fourth-order valence-electron chi connectivity index (χ4n) is 9.04. The lowest BCUT2D eigenvalue weighted by Crippen LogP contribution is -2.53. The van der Waals surface area contributed by atoms with Gasteiger partial charge in [-0.1, -0.05) is 166 Å². The summed E-state index contributed by atoms with van der Waals surface area (Å²) in [6, 6.07) is 49.4. The Balaban J connectivity index is 1.08. The van der Waals surface area contributed by atoms with E-state index in [9.17, 15) is 9.59 Å². The lowest BCUT2D eigenvalue weighted by molar-refractivity contribution is -0.143. The van der Waals surface area contributed by atoms with Crippen molar-refractivity contribution in [3.05, 3.63) is 230 Å². The normalized spacial score (nSPS) is 12.7. The molecule has 3 N–H and O–H groups in total. The molecule has 72 heavy (non-hydrogen) atoms. The Bertz CT molecular complexity index is 2800. The van der Waals surface area contributed by atoms with Gasteiger partial charge in [-0.25, -0.2) is 14.8 Å². The number of hydrogen-bond donors (Lipinski definition) is 3. The zero-order valence-electron chi connectivity index (χ0n) is 41.0. The van der Waals surface area contributed by atoms with Gasteiger partial charge in [-0.3, -0.25) is 14.6 Å². The fourth-order valence-corrected chi connectivity index (χ4v) is 10.4. The lowest BCUT2D eigenvalue weighted by Gasteiger charge is -2.37. The van der Waals surface area contributed by atoms with E-state index < -0.39 is 17.6 Å². The minimum atomic E-state index is -1.01. The highest BCUT2D eigenvalue weighted by Gasteiger charge is 2.39. The molecule has 0 spiro atoms. The third kappa shape index (κ3) is 13.6. The van der Waals surface area contributed by atoms with Gasteiger partial charge in [0.2, 0.25) is 5.91 Å². The smallest absolute Gasteiger partial charge is 0.320 e. The molecule has 370 valence electrons. The third-order valence-electron chi connectivity index (χ3n) is 12.7. The van der Waals surface area contributed by atoms with Crippen LogP contribution in [0.2, 0.25) is 0 Å². The molecule has 3 heterocycles. The van der Waals surface area contributed by atoms with Gasteiger partial charge in [0, 0.05) is 49.2 Å². The number of carbonyl (C=O) groups is 3. The molecule has 0 fully saturated rings. The van der Waals surface area contributed by atoms with Crippen LogP contribution < -0.4 is 16.0 Å². The molecular weight excluding hydrogens is 937 g/mol. The number of ether oxygens (including phenoxy) is 1. The number of imidazole rings is 1. The second-order valence-corrected chi connectivity index (χ2v) is 20.2. The number of aromatic nitrogens is 4. The van der Waals surface area contributed by atoms with Crippen LogP contribution >= 0.6 is 22.7 Å². The van der Waals surface area contributed by atoms with Crippen LogP contribution in [0.3, 0.4) is 0 Å². The fraction of sp³-hybridized carbons (Fsp3) is 0.276. The number of hydrogen-bond acceptors (Lipinski definition) is 10. The van der Waals surface area contributed by atoms with Gasteiger partial charge >= 0.3 is 12.0 Å². The summed E-state index contributed by atoms with van der Waals surface area (Å²) in [5.41, 5.74) is 7.60. The summed E-state index contributed by atoms with van der Waals surface area (Å²) in [6.07, 6.45) is 8.05. The number of urea groups is 1. The van der Waals surface area contributed by atoms with Crippen molar-refractivity contribution in [3.8, 4) is 0 Å². The van der Waals surface area contributed by atoms with Crippen molar-refractivity contribution in [2.24, 2.45) is 0 Å². The highest BCUT2D eigenvalue weighted by Crippen LogP contribution is 2.41. The molecule has 3 amide bonds. The van der Waals surface area contributed by atoms with Gasteiger partial charge in [0.05, 0.1) is 46.2 Å². The van der Waals surface area contributed by atoms with Gasteiger partial charge in [0.25, 0.3) is 0 Å². The summed E-state index contributed by atoms with van der Waals surface area (Å²) in [7, 11) is 1.72. The first-order valence-electron chi connectivity index (χ1n) is 24.4. The maximum atomic E-state index is 15.1. The highest BCUT2D eigenvalue weighted by atomic mass is 32.1. The topological polar surface area (TPSA) is 143 Å². The maximum absolute atomic E-state index is 15.1. The minimum Gasteiger partial charge on any atom is -0.459 e. The van der Waals surface area contributed by atoms with E-state index in [1.54, 1.807) is 35.0 Å². The molecule has 5 aromatic carbocycles. The Morgan fingerprint density at radius 2 is 1.25 bits per heavy atom. The van der Waals surface area contributed by atoms with Gasteiger partial charge in [-0.2, -0.15) is 0 Å². The van der Waals surface area contributed by atoms with Crippen molar-refractivity contribution in [1.29, 1.82) is 0 Å². The Morgan fingerprint density at radius 1 is 0.694 bits per heavy atom. The van der Waals surface area contributed by atoms with E-state index in [1.807, 2.05) is 109 Å². The van der Waals surface area contributed by atoms with Crippen LogP contribution in [0.25, 0.3) is 0 Å². The largest absolute Gasteiger partial charge is 0.459 e. The Labute approximate surface area is 430 Å². The first-order chi connectivity index (χ1) is 35.1. The summed E-state index contributed by atoms with van der Waals surface area (Å²) in [5.74, 6) is -0.419. The molecule has 0 bridgehead atoms. The summed E-state index contributed by atoms with van der Waals surface area (Å²) < 4.78 is 7.68. The number of nitrogens with one attached hydrogen (secondary N) is 3. The van der Waals surface area contributed by atoms with E-state index in [0.29, 0.717) is 31.4 Å². The number of esters is 1. The molecule has 0 aliphatic rings. The van der Waals surface area contributed by atoms with Gasteiger partial charge in [0.1, 0.15) is 18.2 Å². The van der Waals surface area contributed by atoms with Crippen molar-refractivity contribution in [2.45, 2.75) is 88.7 Å². The third-order valence-corrected chi connectivity index (χ3v) is 14.6. The van der Waals surface area contributed by atoms with Gasteiger partial charge in [0.15, 0.2) is 0 Å². The summed E-state index contributed by atoms with van der Waals surface area (Å²) >= 11 is 3.02. The van der Waals surface area contributed by atoms with Crippen molar-refractivity contribution >= 4 is 40.6 Å². The molecule has 12 nitrogen and oxygen atoms in total. The number of nitrogens with zero attached hydrogens (tertiary/aromatic N) is 5. The van der Waals surface area contributed by atoms with Crippen molar-refractivity contribution in [1.82, 2.24) is 40.4 Å². The molecule has 0 aliphatic carbocycles. The van der Waals surface area contributed by atoms with E-state index in [4.69, 9.17) is 14.7 Å². The van der Waals surface area contributed by atoms with Crippen molar-refractivity contribution in [3.63, 3.8) is 0 Å². The summed E-state index contributed by atoms with van der Waals surface area (Å²) in [5, 5.41) is 12.9. The summed E-state index contributed by atoms with van der Waals surface area (Å²) in [4.78, 5) is 58.6. The molecule has 0 radical (unpaired) electrons. The second-order valence-electron chi connectivity index (χ2n) is 18.3. The monoisotopic (exact) mass is 998 g/mol. The van der Waals surface area contributed by atoms with Crippen LogP contribution in [0.5, 0.6) is 0 Å². The molecule has 14 heteroatoms. The van der Waals surface area contributed by atoms with Crippen LogP contribution in [0.4, 0.5) is 4.79 Å². The Hall–Kier alpha value is -7.26.